The maximum absolute atomic E-state index is 12.3. The summed E-state index contributed by atoms with van der Waals surface area (Å²) in [5.74, 6) is -0.212. The maximum atomic E-state index is 12.3. The molecule has 5 heteroatoms. The molecule has 1 aromatic heterocycles. The predicted octanol–water partition coefficient (Wildman–Crippen LogP) is 2.62. The molecule has 128 valence electrons. The summed E-state index contributed by atoms with van der Waals surface area (Å²) in [7, 11) is 2.07. The average molecular weight is 335 g/mol. The van der Waals surface area contributed by atoms with Crippen LogP contribution in [-0.4, -0.2) is 36.1 Å². The summed E-state index contributed by atoms with van der Waals surface area (Å²) in [5.41, 5.74) is 4.74. The average Bonchev–Trinajstić information content (AvgIpc) is 3.23. The van der Waals surface area contributed by atoms with Gasteiger partial charge in [0.15, 0.2) is 0 Å². The van der Waals surface area contributed by atoms with Gasteiger partial charge in [0.2, 0.25) is 0 Å². The molecular weight excluding hydrogens is 314 g/mol. The normalized spacial score (nSPS) is 14.6. The molecule has 1 amide bonds. The Morgan fingerprint density at radius 1 is 1.28 bits per heavy atom. The van der Waals surface area contributed by atoms with Crippen LogP contribution >= 0.6 is 0 Å². The highest BCUT2D eigenvalue weighted by molar-refractivity contribution is 5.97. The Kier molecular flexibility index (Phi) is 3.93. The minimum atomic E-state index is -0.718. The molecule has 0 saturated carbocycles. The SMILES string of the molecule is CN1CCc2cc(C(O)CNC(=O)c3cc4ccccc4[nH]3)ccc21. The van der Waals surface area contributed by atoms with E-state index in [4.69, 9.17) is 0 Å². The lowest BCUT2D eigenvalue weighted by molar-refractivity contribution is 0.0912. The quantitative estimate of drug-likeness (QED) is 0.686. The first kappa shape index (κ1) is 15.7. The van der Waals surface area contributed by atoms with Gasteiger partial charge in [-0.15, -0.1) is 0 Å². The molecule has 25 heavy (non-hydrogen) atoms. The Bertz CT molecular complexity index is 899. The number of aliphatic hydroxyl groups is 1. The molecule has 2 heterocycles. The minimum Gasteiger partial charge on any atom is -0.387 e. The van der Waals surface area contributed by atoms with E-state index < -0.39 is 6.10 Å². The van der Waals surface area contributed by atoms with Crippen molar-refractivity contribution in [3.63, 3.8) is 0 Å². The van der Waals surface area contributed by atoms with Gasteiger partial charge in [-0.1, -0.05) is 30.3 Å². The van der Waals surface area contributed by atoms with Gasteiger partial charge in [-0.2, -0.15) is 0 Å². The Hall–Kier alpha value is -2.79. The molecule has 0 bridgehead atoms. The lowest BCUT2D eigenvalue weighted by Gasteiger charge is -2.15. The highest BCUT2D eigenvalue weighted by atomic mass is 16.3. The molecule has 0 spiro atoms. The lowest BCUT2D eigenvalue weighted by atomic mass is 10.0. The molecule has 2 aromatic carbocycles. The molecule has 1 unspecified atom stereocenters. The zero-order chi connectivity index (χ0) is 17.4. The van der Waals surface area contributed by atoms with Crippen LogP contribution in [0, 0.1) is 0 Å². The monoisotopic (exact) mass is 335 g/mol. The number of carbonyl (C=O) groups excluding carboxylic acids is 1. The number of para-hydroxylation sites is 1. The van der Waals surface area contributed by atoms with E-state index in [1.54, 1.807) is 0 Å². The Balaban J connectivity index is 1.43. The fraction of sp³-hybridized carbons (Fsp3) is 0.250. The molecule has 3 aromatic rings. The maximum Gasteiger partial charge on any atom is 0.267 e. The van der Waals surface area contributed by atoms with Crippen molar-refractivity contribution in [2.24, 2.45) is 0 Å². The molecule has 1 aliphatic rings. The van der Waals surface area contributed by atoms with Crippen molar-refractivity contribution < 1.29 is 9.90 Å². The molecular formula is C20H21N3O2. The molecule has 1 aliphatic heterocycles. The molecule has 0 radical (unpaired) electrons. The standard InChI is InChI=1S/C20H21N3O2/c1-23-9-8-14-10-15(6-7-18(14)23)19(24)12-21-20(25)17-11-13-4-2-3-5-16(13)22-17/h2-7,10-11,19,22,24H,8-9,12H2,1H3,(H,21,25). The fourth-order valence-corrected chi connectivity index (χ4v) is 3.39. The van der Waals surface area contributed by atoms with E-state index >= 15 is 0 Å². The van der Waals surface area contributed by atoms with Crippen LogP contribution in [0.4, 0.5) is 5.69 Å². The zero-order valence-electron chi connectivity index (χ0n) is 14.1. The molecule has 1 atom stereocenters. The number of likely N-dealkylation sites (N-methyl/N-ethyl adjacent to an activating group) is 1. The summed E-state index contributed by atoms with van der Waals surface area (Å²) in [6, 6.07) is 15.6. The zero-order valence-corrected chi connectivity index (χ0v) is 14.1. The van der Waals surface area contributed by atoms with Crippen molar-refractivity contribution in [2.45, 2.75) is 12.5 Å². The van der Waals surface area contributed by atoms with Crippen molar-refractivity contribution in [1.29, 1.82) is 0 Å². The number of aliphatic hydroxyl groups excluding tert-OH is 1. The summed E-state index contributed by atoms with van der Waals surface area (Å²) in [5, 5.41) is 14.2. The number of hydrogen-bond donors (Lipinski definition) is 3. The number of fused-ring (bicyclic) bond motifs is 2. The second kappa shape index (κ2) is 6.26. The Morgan fingerprint density at radius 3 is 2.96 bits per heavy atom. The van der Waals surface area contributed by atoms with Gasteiger partial charge >= 0.3 is 0 Å². The Labute approximate surface area is 146 Å². The molecule has 3 N–H and O–H groups in total. The minimum absolute atomic E-state index is 0.183. The number of H-pyrrole nitrogens is 1. The second-order valence-corrected chi connectivity index (χ2v) is 6.56. The summed E-state index contributed by atoms with van der Waals surface area (Å²) < 4.78 is 0. The predicted molar refractivity (Wildman–Crippen MR) is 99.0 cm³/mol. The highest BCUT2D eigenvalue weighted by Gasteiger charge is 2.18. The number of aromatic amines is 1. The fourth-order valence-electron chi connectivity index (χ4n) is 3.39. The van der Waals surface area contributed by atoms with Gasteiger partial charge in [-0.05, 0) is 35.7 Å². The van der Waals surface area contributed by atoms with Gasteiger partial charge in [-0.25, -0.2) is 0 Å². The van der Waals surface area contributed by atoms with Crippen LogP contribution < -0.4 is 10.2 Å². The summed E-state index contributed by atoms with van der Waals surface area (Å²) in [6.45, 7) is 1.19. The van der Waals surface area contributed by atoms with E-state index in [2.05, 4.69) is 22.2 Å². The topological polar surface area (TPSA) is 68.4 Å². The number of anilines is 1. The first-order valence-corrected chi connectivity index (χ1v) is 8.50. The third-order valence-electron chi connectivity index (χ3n) is 4.85. The first-order chi connectivity index (χ1) is 12.1. The van der Waals surface area contributed by atoms with Gasteiger partial charge in [0.25, 0.3) is 5.91 Å². The van der Waals surface area contributed by atoms with Crippen LogP contribution in [0.5, 0.6) is 0 Å². The number of hydrogen-bond acceptors (Lipinski definition) is 3. The molecule has 0 saturated heterocycles. The van der Waals surface area contributed by atoms with E-state index in [1.165, 1.54) is 11.3 Å². The molecule has 4 rings (SSSR count). The van der Waals surface area contributed by atoms with E-state index in [-0.39, 0.29) is 12.5 Å². The number of benzene rings is 2. The first-order valence-electron chi connectivity index (χ1n) is 8.50. The van der Waals surface area contributed by atoms with Gasteiger partial charge < -0.3 is 20.3 Å². The molecule has 0 aliphatic carbocycles. The van der Waals surface area contributed by atoms with Crippen molar-refractivity contribution in [3.05, 3.63) is 65.4 Å². The van der Waals surface area contributed by atoms with Crippen LogP contribution in [0.3, 0.4) is 0 Å². The summed E-state index contributed by atoms with van der Waals surface area (Å²) in [4.78, 5) is 17.6. The number of carbonyl (C=O) groups is 1. The number of amides is 1. The van der Waals surface area contributed by atoms with Crippen molar-refractivity contribution in [1.82, 2.24) is 10.3 Å². The van der Waals surface area contributed by atoms with Crippen molar-refractivity contribution in [2.75, 3.05) is 25.0 Å². The largest absolute Gasteiger partial charge is 0.387 e. The van der Waals surface area contributed by atoms with Gasteiger partial charge in [0.05, 0.1) is 6.10 Å². The molecule has 0 fully saturated rings. The van der Waals surface area contributed by atoms with Crippen molar-refractivity contribution in [3.8, 4) is 0 Å². The van der Waals surface area contributed by atoms with Crippen LogP contribution in [0.1, 0.15) is 27.7 Å². The summed E-state index contributed by atoms with van der Waals surface area (Å²) >= 11 is 0. The number of aromatic nitrogens is 1. The van der Waals surface area contributed by atoms with E-state index in [0.717, 1.165) is 29.4 Å². The van der Waals surface area contributed by atoms with E-state index in [1.807, 2.05) is 48.5 Å². The Morgan fingerprint density at radius 2 is 2.12 bits per heavy atom. The van der Waals surface area contributed by atoms with Gasteiger partial charge in [0, 0.05) is 36.7 Å². The highest BCUT2D eigenvalue weighted by Crippen LogP contribution is 2.29. The van der Waals surface area contributed by atoms with Crippen molar-refractivity contribution >= 4 is 22.5 Å². The van der Waals surface area contributed by atoms with Crippen LogP contribution in [0.25, 0.3) is 10.9 Å². The summed E-state index contributed by atoms with van der Waals surface area (Å²) in [6.07, 6.45) is 0.276. The lowest BCUT2D eigenvalue weighted by Crippen LogP contribution is -2.28. The third-order valence-corrected chi connectivity index (χ3v) is 4.85. The van der Waals surface area contributed by atoms with E-state index in [0.29, 0.717) is 5.69 Å². The smallest absolute Gasteiger partial charge is 0.267 e. The van der Waals surface area contributed by atoms with Crippen LogP contribution in [0.2, 0.25) is 0 Å². The number of nitrogens with one attached hydrogen (secondary N) is 2. The number of nitrogens with zero attached hydrogens (tertiary/aromatic N) is 1. The van der Waals surface area contributed by atoms with Crippen LogP contribution in [0.15, 0.2) is 48.5 Å². The van der Waals surface area contributed by atoms with Gasteiger partial charge in [0.1, 0.15) is 5.69 Å². The number of rotatable bonds is 4. The van der Waals surface area contributed by atoms with E-state index in [9.17, 15) is 9.90 Å². The van der Waals surface area contributed by atoms with Gasteiger partial charge in [-0.3, -0.25) is 4.79 Å². The molecule has 5 nitrogen and oxygen atoms in total. The third kappa shape index (κ3) is 2.98. The second-order valence-electron chi connectivity index (χ2n) is 6.56. The van der Waals surface area contributed by atoms with Crippen LogP contribution in [-0.2, 0) is 6.42 Å².